The van der Waals surface area contributed by atoms with E-state index in [1.807, 2.05) is 6.92 Å². The van der Waals surface area contributed by atoms with Crippen LogP contribution in [0.1, 0.15) is 27.7 Å². The van der Waals surface area contributed by atoms with Crippen LogP contribution in [0.2, 0.25) is 0 Å². The van der Waals surface area contributed by atoms with E-state index in [2.05, 4.69) is 0 Å². The Balaban J connectivity index is 2.60. The van der Waals surface area contributed by atoms with Crippen LogP contribution in [0.15, 0.2) is 24.3 Å². The molecule has 1 aromatic carbocycles. The summed E-state index contributed by atoms with van der Waals surface area (Å²) < 4.78 is 49.1. The summed E-state index contributed by atoms with van der Waals surface area (Å²) in [6.07, 6.45) is 0.972. The van der Waals surface area contributed by atoms with Gasteiger partial charge in [0.2, 0.25) is 0 Å². The second kappa shape index (κ2) is 12.1. The van der Waals surface area contributed by atoms with E-state index in [4.69, 9.17) is 23.1 Å². The average Bonchev–Trinajstić information content (AvgIpc) is 2.66. The number of hydrogen-bond acceptors (Lipinski definition) is 8. The van der Waals surface area contributed by atoms with Crippen LogP contribution in [-0.2, 0) is 28.6 Å². The van der Waals surface area contributed by atoms with E-state index in [1.165, 1.54) is 0 Å². The van der Waals surface area contributed by atoms with Crippen LogP contribution >= 0.6 is 0 Å². The molecule has 1 rings (SSSR count). The Morgan fingerprint density at radius 3 is 2.24 bits per heavy atom. The third kappa shape index (κ3) is 10.1. The van der Waals surface area contributed by atoms with Crippen molar-refractivity contribution >= 4 is 16.1 Å². The van der Waals surface area contributed by atoms with E-state index in [1.54, 1.807) is 45.0 Å². The number of carbonyl (C=O) groups is 1. The van der Waals surface area contributed by atoms with E-state index in [0.717, 1.165) is 6.26 Å². The van der Waals surface area contributed by atoms with E-state index in [-0.39, 0.29) is 6.61 Å². The van der Waals surface area contributed by atoms with Gasteiger partial charge in [0, 0.05) is 12.0 Å². The van der Waals surface area contributed by atoms with Gasteiger partial charge in [-0.15, -0.1) is 0 Å². The molecule has 1 atom stereocenters. The van der Waals surface area contributed by atoms with Gasteiger partial charge in [-0.3, -0.25) is 8.98 Å². The van der Waals surface area contributed by atoms with Crippen molar-refractivity contribution in [2.75, 3.05) is 45.9 Å². The molecule has 0 aliphatic rings. The van der Waals surface area contributed by atoms with Crippen molar-refractivity contribution in [1.29, 1.82) is 0 Å². The summed E-state index contributed by atoms with van der Waals surface area (Å²) in [5.41, 5.74) is -0.746. The Kier molecular flexibility index (Phi) is 10.6. The van der Waals surface area contributed by atoms with Gasteiger partial charge in [-0.05, 0) is 19.1 Å². The quantitative estimate of drug-likeness (QED) is 0.192. The Morgan fingerprint density at radius 1 is 1.03 bits per heavy atom. The maximum atomic E-state index is 12.6. The van der Waals surface area contributed by atoms with Crippen LogP contribution in [-0.4, -0.2) is 60.3 Å². The highest BCUT2D eigenvalue weighted by atomic mass is 32.2. The summed E-state index contributed by atoms with van der Waals surface area (Å²) in [6, 6.07) is 6.84. The third-order valence-electron chi connectivity index (χ3n) is 4.29. The number of benzene rings is 1. The average molecular weight is 433 g/mol. The molecule has 8 nitrogen and oxygen atoms in total. The molecule has 1 unspecified atom stereocenters. The summed E-state index contributed by atoms with van der Waals surface area (Å²) in [5.74, 6) is -0.402. The number of para-hydroxylation sites is 2. The molecule has 0 aliphatic heterocycles. The molecule has 0 saturated heterocycles. The molecule has 0 spiro atoms. The Bertz CT molecular complexity index is 730. The normalized spacial score (nSPS) is 13.1. The van der Waals surface area contributed by atoms with Crippen LogP contribution in [0, 0.1) is 11.3 Å². The molecule has 0 amide bonds. The molecular weight excluding hydrogens is 400 g/mol. The lowest BCUT2D eigenvalue weighted by Crippen LogP contribution is -2.36. The van der Waals surface area contributed by atoms with Crippen molar-refractivity contribution in [1.82, 2.24) is 0 Å². The van der Waals surface area contributed by atoms with E-state index < -0.39 is 27.4 Å². The zero-order valence-electron chi connectivity index (χ0n) is 17.8. The Labute approximate surface area is 173 Å². The van der Waals surface area contributed by atoms with Gasteiger partial charge in [-0.1, -0.05) is 32.9 Å². The standard InChI is InChI=1S/C20H32O8S/c1-6-24-11-12-25-13-14-26-17-9-7-8-10-18(17)28-19(21)16(2)20(3,4)15-27-29(5,22)23/h7-10,16H,6,11-15H2,1-5H3. The number of rotatable bonds is 14. The maximum absolute atomic E-state index is 12.6. The smallest absolute Gasteiger partial charge is 0.314 e. The van der Waals surface area contributed by atoms with Gasteiger partial charge in [0.15, 0.2) is 11.5 Å². The maximum Gasteiger partial charge on any atom is 0.314 e. The SMILES string of the molecule is CCOCCOCCOc1ccccc1OC(=O)C(C)C(C)(C)COS(C)(=O)=O. The molecule has 9 heteroatoms. The predicted octanol–water partition coefficient (Wildman–Crippen LogP) is 2.66. The van der Waals surface area contributed by atoms with Gasteiger partial charge in [0.25, 0.3) is 10.1 Å². The van der Waals surface area contributed by atoms with Crippen LogP contribution < -0.4 is 9.47 Å². The number of esters is 1. The highest BCUT2D eigenvalue weighted by Gasteiger charge is 2.34. The summed E-state index contributed by atoms with van der Waals surface area (Å²) in [5, 5.41) is 0. The first kappa shape index (κ1) is 25.4. The first-order valence-electron chi connectivity index (χ1n) is 9.50. The second-order valence-electron chi connectivity index (χ2n) is 7.20. The minimum Gasteiger partial charge on any atom is -0.487 e. The third-order valence-corrected chi connectivity index (χ3v) is 4.84. The molecular formula is C20H32O8S. The van der Waals surface area contributed by atoms with Gasteiger partial charge in [-0.2, -0.15) is 8.42 Å². The summed E-state index contributed by atoms with van der Waals surface area (Å²) in [4.78, 5) is 12.6. The van der Waals surface area contributed by atoms with Crippen LogP contribution in [0.3, 0.4) is 0 Å². The van der Waals surface area contributed by atoms with Gasteiger partial charge in [0.05, 0.1) is 38.6 Å². The molecule has 0 N–H and O–H groups in total. The molecule has 0 saturated carbocycles. The molecule has 29 heavy (non-hydrogen) atoms. The Hall–Kier alpha value is -1.68. The highest BCUT2D eigenvalue weighted by molar-refractivity contribution is 7.85. The van der Waals surface area contributed by atoms with Gasteiger partial charge < -0.3 is 18.9 Å². The van der Waals surface area contributed by atoms with Crippen molar-refractivity contribution < 1.29 is 36.3 Å². The van der Waals surface area contributed by atoms with Gasteiger partial charge in [0.1, 0.15) is 6.61 Å². The topological polar surface area (TPSA) is 97.4 Å². The molecule has 0 aromatic heterocycles. The monoisotopic (exact) mass is 432 g/mol. The number of carbonyl (C=O) groups excluding carboxylic acids is 1. The van der Waals surface area contributed by atoms with Crippen molar-refractivity contribution in [2.24, 2.45) is 11.3 Å². The first-order chi connectivity index (χ1) is 13.6. The fourth-order valence-electron chi connectivity index (χ4n) is 2.13. The van der Waals surface area contributed by atoms with Crippen molar-refractivity contribution in [3.05, 3.63) is 24.3 Å². The zero-order chi connectivity index (χ0) is 21.9. The Morgan fingerprint density at radius 2 is 1.62 bits per heavy atom. The van der Waals surface area contributed by atoms with Crippen LogP contribution in [0.25, 0.3) is 0 Å². The predicted molar refractivity (Wildman–Crippen MR) is 109 cm³/mol. The van der Waals surface area contributed by atoms with Gasteiger partial charge >= 0.3 is 5.97 Å². The molecule has 0 heterocycles. The number of hydrogen-bond donors (Lipinski definition) is 0. The molecule has 166 valence electrons. The first-order valence-corrected chi connectivity index (χ1v) is 11.3. The van der Waals surface area contributed by atoms with E-state index >= 15 is 0 Å². The lowest BCUT2D eigenvalue weighted by molar-refractivity contribution is -0.143. The molecule has 0 radical (unpaired) electrons. The summed E-state index contributed by atoms with van der Waals surface area (Å²) in [6.45, 7) is 9.28. The largest absolute Gasteiger partial charge is 0.487 e. The van der Waals surface area contributed by atoms with Gasteiger partial charge in [-0.25, -0.2) is 0 Å². The van der Waals surface area contributed by atoms with Crippen molar-refractivity contribution in [3.63, 3.8) is 0 Å². The van der Waals surface area contributed by atoms with Crippen LogP contribution in [0.5, 0.6) is 11.5 Å². The van der Waals surface area contributed by atoms with Crippen molar-refractivity contribution in [2.45, 2.75) is 27.7 Å². The number of ether oxygens (including phenoxy) is 4. The minimum atomic E-state index is -3.59. The molecule has 0 bridgehead atoms. The van der Waals surface area contributed by atoms with Crippen LogP contribution in [0.4, 0.5) is 0 Å². The fraction of sp³-hybridized carbons (Fsp3) is 0.650. The zero-order valence-corrected chi connectivity index (χ0v) is 18.6. The molecule has 0 fully saturated rings. The van der Waals surface area contributed by atoms with Crippen molar-refractivity contribution in [3.8, 4) is 11.5 Å². The molecule has 1 aromatic rings. The lowest BCUT2D eigenvalue weighted by Gasteiger charge is -2.29. The minimum absolute atomic E-state index is 0.126. The van der Waals surface area contributed by atoms with E-state index in [0.29, 0.717) is 44.5 Å². The second-order valence-corrected chi connectivity index (χ2v) is 8.85. The van der Waals surface area contributed by atoms with E-state index in [9.17, 15) is 13.2 Å². The summed E-state index contributed by atoms with van der Waals surface area (Å²) >= 11 is 0. The fourth-order valence-corrected chi connectivity index (χ4v) is 2.65. The lowest BCUT2D eigenvalue weighted by atomic mass is 9.81. The highest BCUT2D eigenvalue weighted by Crippen LogP contribution is 2.32. The summed E-state index contributed by atoms with van der Waals surface area (Å²) in [7, 11) is -3.59. The molecule has 0 aliphatic carbocycles.